The van der Waals surface area contributed by atoms with Crippen LogP contribution in [0.5, 0.6) is 0 Å². The standard InChI is InChI=1S/C21H20N2O3/c1-26-21(25)19-8-3-2-6-17(19)12-16-9-10-23(14-16)20(24)18-7-4-5-15(11-18)13-22/h2-8,11,16H,9-10,12,14H2,1H3. The molecule has 0 bridgehead atoms. The first-order valence-corrected chi connectivity index (χ1v) is 8.58. The number of benzene rings is 2. The van der Waals surface area contributed by atoms with Crippen LogP contribution in [0.25, 0.3) is 0 Å². The lowest BCUT2D eigenvalue weighted by atomic mass is 9.95. The molecule has 5 heteroatoms. The molecule has 1 saturated heterocycles. The molecule has 1 aliphatic heterocycles. The lowest BCUT2D eigenvalue weighted by Crippen LogP contribution is -2.29. The third kappa shape index (κ3) is 3.75. The van der Waals surface area contributed by atoms with Crippen molar-refractivity contribution in [2.24, 2.45) is 5.92 Å². The Balaban J connectivity index is 1.69. The van der Waals surface area contributed by atoms with Gasteiger partial charge in [-0.15, -0.1) is 0 Å². The molecule has 0 aliphatic carbocycles. The number of ether oxygens (including phenoxy) is 1. The summed E-state index contributed by atoms with van der Waals surface area (Å²) in [6.45, 7) is 1.33. The highest BCUT2D eigenvalue weighted by atomic mass is 16.5. The van der Waals surface area contributed by atoms with Crippen molar-refractivity contribution in [1.82, 2.24) is 4.90 Å². The highest BCUT2D eigenvalue weighted by Crippen LogP contribution is 2.24. The van der Waals surface area contributed by atoms with Gasteiger partial charge in [0.15, 0.2) is 0 Å². The lowest BCUT2D eigenvalue weighted by molar-refractivity contribution is 0.0598. The first kappa shape index (κ1) is 17.7. The Bertz CT molecular complexity index is 870. The Labute approximate surface area is 152 Å². The van der Waals surface area contributed by atoms with E-state index >= 15 is 0 Å². The van der Waals surface area contributed by atoms with Crippen molar-refractivity contribution in [1.29, 1.82) is 5.26 Å². The zero-order valence-electron chi connectivity index (χ0n) is 14.6. The van der Waals surface area contributed by atoms with Crippen LogP contribution in [-0.4, -0.2) is 37.0 Å². The van der Waals surface area contributed by atoms with E-state index in [2.05, 4.69) is 6.07 Å². The molecule has 5 nitrogen and oxygen atoms in total. The van der Waals surface area contributed by atoms with Crippen molar-refractivity contribution in [2.45, 2.75) is 12.8 Å². The van der Waals surface area contributed by atoms with Gasteiger partial charge in [-0.2, -0.15) is 5.26 Å². The minimum Gasteiger partial charge on any atom is -0.465 e. The van der Waals surface area contributed by atoms with Crippen LogP contribution >= 0.6 is 0 Å². The minimum absolute atomic E-state index is 0.0501. The molecule has 0 radical (unpaired) electrons. The number of esters is 1. The average molecular weight is 348 g/mol. The van der Waals surface area contributed by atoms with E-state index in [4.69, 9.17) is 10.00 Å². The third-order valence-electron chi connectivity index (χ3n) is 4.74. The molecule has 1 heterocycles. The topological polar surface area (TPSA) is 70.4 Å². The Morgan fingerprint density at radius 1 is 1.23 bits per heavy atom. The van der Waals surface area contributed by atoms with Crippen molar-refractivity contribution in [3.05, 3.63) is 70.8 Å². The van der Waals surface area contributed by atoms with Crippen molar-refractivity contribution < 1.29 is 14.3 Å². The number of hydrogen-bond acceptors (Lipinski definition) is 4. The lowest BCUT2D eigenvalue weighted by Gasteiger charge is -2.17. The Morgan fingerprint density at radius 3 is 2.81 bits per heavy atom. The first-order chi connectivity index (χ1) is 12.6. The number of rotatable bonds is 4. The van der Waals surface area contributed by atoms with Crippen LogP contribution in [0.2, 0.25) is 0 Å². The van der Waals surface area contributed by atoms with Crippen molar-refractivity contribution in [2.75, 3.05) is 20.2 Å². The molecular weight excluding hydrogens is 328 g/mol. The molecule has 2 aromatic carbocycles. The van der Waals surface area contributed by atoms with Gasteiger partial charge in [-0.05, 0) is 48.6 Å². The summed E-state index contributed by atoms with van der Waals surface area (Å²) in [6, 6.07) is 16.3. The van der Waals surface area contributed by atoms with E-state index in [-0.39, 0.29) is 11.9 Å². The van der Waals surface area contributed by atoms with Crippen LogP contribution in [0, 0.1) is 17.2 Å². The summed E-state index contributed by atoms with van der Waals surface area (Å²) in [4.78, 5) is 26.4. The first-order valence-electron chi connectivity index (χ1n) is 8.58. The van der Waals surface area contributed by atoms with Gasteiger partial charge < -0.3 is 9.64 Å². The second-order valence-electron chi connectivity index (χ2n) is 6.45. The number of nitriles is 1. The number of methoxy groups -OCH3 is 1. The number of carbonyl (C=O) groups excluding carboxylic acids is 2. The summed E-state index contributed by atoms with van der Waals surface area (Å²) in [5.41, 5.74) is 2.56. The predicted molar refractivity (Wildman–Crippen MR) is 96.7 cm³/mol. The maximum Gasteiger partial charge on any atom is 0.338 e. The number of likely N-dealkylation sites (tertiary alicyclic amines) is 1. The van der Waals surface area contributed by atoms with Gasteiger partial charge in [0.1, 0.15) is 0 Å². The molecule has 1 atom stereocenters. The van der Waals surface area contributed by atoms with E-state index in [1.54, 1.807) is 30.3 Å². The fraction of sp³-hybridized carbons (Fsp3) is 0.286. The van der Waals surface area contributed by atoms with Crippen molar-refractivity contribution >= 4 is 11.9 Å². The maximum absolute atomic E-state index is 12.7. The van der Waals surface area contributed by atoms with E-state index in [1.807, 2.05) is 23.1 Å². The molecule has 0 N–H and O–H groups in total. The monoisotopic (exact) mass is 348 g/mol. The van der Waals surface area contributed by atoms with Gasteiger partial charge in [0.05, 0.1) is 24.3 Å². The molecule has 1 fully saturated rings. The average Bonchev–Trinajstić information content (AvgIpc) is 3.15. The maximum atomic E-state index is 12.7. The number of hydrogen-bond donors (Lipinski definition) is 0. The van der Waals surface area contributed by atoms with E-state index in [0.717, 1.165) is 18.4 Å². The summed E-state index contributed by atoms with van der Waals surface area (Å²) in [7, 11) is 1.38. The zero-order chi connectivity index (χ0) is 18.5. The summed E-state index contributed by atoms with van der Waals surface area (Å²) in [6.07, 6.45) is 1.62. The second-order valence-corrected chi connectivity index (χ2v) is 6.45. The Hall–Kier alpha value is -3.13. The fourth-order valence-electron chi connectivity index (χ4n) is 3.41. The van der Waals surface area contributed by atoms with Crippen molar-refractivity contribution in [3.63, 3.8) is 0 Å². The summed E-state index contributed by atoms with van der Waals surface area (Å²) in [5.74, 6) is -0.0883. The highest BCUT2D eigenvalue weighted by Gasteiger charge is 2.28. The number of carbonyl (C=O) groups is 2. The van der Waals surface area contributed by atoms with Crippen LogP contribution in [0.4, 0.5) is 0 Å². The molecule has 2 aromatic rings. The molecule has 1 amide bonds. The summed E-state index contributed by atoms with van der Waals surface area (Å²) >= 11 is 0. The third-order valence-corrected chi connectivity index (χ3v) is 4.74. The van der Waals surface area contributed by atoms with E-state index < -0.39 is 0 Å². The minimum atomic E-state index is -0.333. The molecule has 0 aromatic heterocycles. The summed E-state index contributed by atoms with van der Waals surface area (Å²) < 4.78 is 4.85. The smallest absolute Gasteiger partial charge is 0.338 e. The van der Waals surface area contributed by atoms with Gasteiger partial charge in [-0.1, -0.05) is 24.3 Å². The van der Waals surface area contributed by atoms with Gasteiger partial charge >= 0.3 is 5.97 Å². The molecule has 0 spiro atoms. The second kappa shape index (κ2) is 7.83. The van der Waals surface area contributed by atoms with Gasteiger partial charge in [-0.3, -0.25) is 4.79 Å². The van der Waals surface area contributed by atoms with E-state index in [0.29, 0.717) is 35.7 Å². The van der Waals surface area contributed by atoms with Crippen LogP contribution in [-0.2, 0) is 11.2 Å². The fourth-order valence-corrected chi connectivity index (χ4v) is 3.41. The molecule has 26 heavy (non-hydrogen) atoms. The van der Waals surface area contributed by atoms with Gasteiger partial charge in [0.25, 0.3) is 5.91 Å². The molecule has 1 unspecified atom stereocenters. The molecule has 132 valence electrons. The largest absolute Gasteiger partial charge is 0.465 e. The van der Waals surface area contributed by atoms with Crippen LogP contribution < -0.4 is 0 Å². The van der Waals surface area contributed by atoms with Crippen LogP contribution in [0.15, 0.2) is 48.5 Å². The highest BCUT2D eigenvalue weighted by molar-refractivity contribution is 5.94. The SMILES string of the molecule is COC(=O)c1ccccc1CC1CCN(C(=O)c2cccc(C#N)c2)C1. The zero-order valence-corrected chi connectivity index (χ0v) is 14.6. The van der Waals surface area contributed by atoms with Crippen molar-refractivity contribution in [3.8, 4) is 6.07 Å². The normalized spacial score (nSPS) is 16.2. The number of nitrogens with zero attached hydrogens (tertiary/aromatic N) is 2. The van der Waals surface area contributed by atoms with E-state index in [1.165, 1.54) is 7.11 Å². The van der Waals surface area contributed by atoms with Gasteiger partial charge in [0, 0.05) is 18.7 Å². The molecule has 3 rings (SSSR count). The predicted octanol–water partition coefficient (Wildman–Crippen LogP) is 3.05. The van der Waals surface area contributed by atoms with Gasteiger partial charge in [-0.25, -0.2) is 4.79 Å². The van der Waals surface area contributed by atoms with Gasteiger partial charge in [0.2, 0.25) is 0 Å². The van der Waals surface area contributed by atoms with Crippen LogP contribution in [0.1, 0.15) is 38.3 Å². The van der Waals surface area contributed by atoms with Crippen LogP contribution in [0.3, 0.4) is 0 Å². The molecule has 1 aliphatic rings. The quantitative estimate of drug-likeness (QED) is 0.796. The Morgan fingerprint density at radius 2 is 2.04 bits per heavy atom. The van der Waals surface area contributed by atoms with E-state index in [9.17, 15) is 9.59 Å². The molecule has 0 saturated carbocycles. The Kier molecular flexibility index (Phi) is 5.33. The molecular formula is C21H20N2O3. The summed E-state index contributed by atoms with van der Waals surface area (Å²) in [5, 5.41) is 8.99. The number of amides is 1.